The number of nitrogens with one attached hydrogen (secondary N) is 1. The number of nitrogens with zero attached hydrogens (tertiary/aromatic N) is 2. The fraction of sp³-hybridized carbons (Fsp3) is 0. The van der Waals surface area contributed by atoms with E-state index in [1.54, 1.807) is 36.4 Å². The maximum Gasteiger partial charge on any atom is 0.274 e. The van der Waals surface area contributed by atoms with E-state index in [1.165, 1.54) is 12.4 Å². The van der Waals surface area contributed by atoms with Gasteiger partial charge in [-0.25, -0.2) is 10.4 Å². The topological polar surface area (TPSA) is 67.5 Å². The summed E-state index contributed by atoms with van der Waals surface area (Å²) in [5, 5.41) is 4.59. The quantitative estimate of drug-likeness (QED) is 0.426. The molecule has 0 radical (unpaired) electrons. The van der Waals surface area contributed by atoms with E-state index in [0.29, 0.717) is 16.5 Å². The van der Waals surface area contributed by atoms with E-state index in [0.717, 1.165) is 5.56 Å². The first kappa shape index (κ1) is 16.2. The van der Waals surface area contributed by atoms with Crippen LogP contribution >= 0.6 is 23.2 Å². The molecule has 0 saturated carbocycles. The predicted molar refractivity (Wildman–Crippen MR) is 93.5 cm³/mol. The van der Waals surface area contributed by atoms with Crippen LogP contribution in [0.5, 0.6) is 0 Å². The number of amides is 1. The fourth-order valence-corrected chi connectivity index (χ4v) is 2.38. The van der Waals surface area contributed by atoms with Crippen molar-refractivity contribution in [1.29, 1.82) is 0 Å². The molecule has 0 atom stereocenters. The Kier molecular flexibility index (Phi) is 4.93. The summed E-state index contributed by atoms with van der Waals surface area (Å²) >= 11 is 11.8. The highest BCUT2D eigenvalue weighted by atomic mass is 35.5. The Morgan fingerprint density at radius 2 is 2.04 bits per heavy atom. The van der Waals surface area contributed by atoms with Crippen LogP contribution in [0.3, 0.4) is 0 Å². The molecule has 0 bridgehead atoms. The van der Waals surface area contributed by atoms with Gasteiger partial charge in [-0.05, 0) is 36.4 Å². The van der Waals surface area contributed by atoms with Crippen LogP contribution < -0.4 is 5.43 Å². The highest BCUT2D eigenvalue weighted by Crippen LogP contribution is 2.24. The molecule has 2 aromatic heterocycles. The summed E-state index contributed by atoms with van der Waals surface area (Å²) in [7, 11) is 0. The summed E-state index contributed by atoms with van der Waals surface area (Å²) in [6, 6.07) is 14.0. The number of hydrazone groups is 1. The van der Waals surface area contributed by atoms with E-state index in [4.69, 9.17) is 27.6 Å². The van der Waals surface area contributed by atoms with Crippen molar-refractivity contribution >= 4 is 35.3 Å². The number of benzene rings is 1. The molecule has 3 aromatic rings. The lowest BCUT2D eigenvalue weighted by Gasteiger charge is -2.00. The average molecular weight is 360 g/mol. The molecule has 0 fully saturated rings. The number of rotatable bonds is 4. The van der Waals surface area contributed by atoms with E-state index < -0.39 is 5.91 Å². The number of pyridine rings is 1. The minimum Gasteiger partial charge on any atom is -0.455 e. The standard InChI is InChI=1S/C17H11Cl2N3O2/c18-12-4-1-3-11(9-12)15-7-6-13(24-15)10-21-22-17(23)14-5-2-8-20-16(14)19/h1-10H,(H,22,23). The second-order valence-corrected chi connectivity index (χ2v) is 5.55. The van der Waals surface area contributed by atoms with Gasteiger partial charge in [-0.1, -0.05) is 35.3 Å². The maximum absolute atomic E-state index is 11.9. The molecule has 0 unspecified atom stereocenters. The second kappa shape index (κ2) is 7.29. The molecule has 0 saturated heterocycles. The maximum atomic E-state index is 11.9. The van der Waals surface area contributed by atoms with E-state index in [2.05, 4.69) is 15.5 Å². The molecule has 0 aliphatic heterocycles. The number of carbonyl (C=O) groups is 1. The molecule has 1 N–H and O–H groups in total. The first-order chi connectivity index (χ1) is 11.6. The van der Waals surface area contributed by atoms with Crippen molar-refractivity contribution in [2.24, 2.45) is 5.10 Å². The van der Waals surface area contributed by atoms with Crippen molar-refractivity contribution in [3.05, 3.63) is 76.2 Å². The van der Waals surface area contributed by atoms with Gasteiger partial charge in [0.15, 0.2) is 0 Å². The first-order valence-corrected chi connectivity index (χ1v) is 7.69. The van der Waals surface area contributed by atoms with Gasteiger partial charge in [0.25, 0.3) is 5.91 Å². The average Bonchev–Trinajstić information content (AvgIpc) is 3.04. The third-order valence-electron chi connectivity index (χ3n) is 3.10. The van der Waals surface area contributed by atoms with Crippen LogP contribution in [-0.2, 0) is 0 Å². The largest absolute Gasteiger partial charge is 0.455 e. The van der Waals surface area contributed by atoms with Gasteiger partial charge in [0.05, 0.1) is 11.8 Å². The summed E-state index contributed by atoms with van der Waals surface area (Å²) in [5.41, 5.74) is 3.47. The van der Waals surface area contributed by atoms with Crippen LogP contribution in [0.4, 0.5) is 0 Å². The summed E-state index contributed by atoms with van der Waals surface area (Å²) in [6.45, 7) is 0. The molecular formula is C17H11Cl2N3O2. The molecule has 5 nitrogen and oxygen atoms in total. The van der Waals surface area contributed by atoms with Crippen LogP contribution in [0.2, 0.25) is 10.2 Å². The summed E-state index contributed by atoms with van der Waals surface area (Å²) in [4.78, 5) is 15.8. The molecule has 24 heavy (non-hydrogen) atoms. The molecule has 2 heterocycles. The van der Waals surface area contributed by atoms with Crippen molar-refractivity contribution < 1.29 is 9.21 Å². The molecular weight excluding hydrogens is 349 g/mol. The van der Waals surface area contributed by atoms with Gasteiger partial charge in [-0.3, -0.25) is 4.79 Å². The Morgan fingerprint density at radius 3 is 2.83 bits per heavy atom. The van der Waals surface area contributed by atoms with Crippen LogP contribution in [0.25, 0.3) is 11.3 Å². The zero-order valence-electron chi connectivity index (χ0n) is 12.2. The zero-order chi connectivity index (χ0) is 16.9. The van der Waals surface area contributed by atoms with E-state index in [1.807, 2.05) is 12.1 Å². The Labute approximate surface area is 147 Å². The van der Waals surface area contributed by atoms with Gasteiger partial charge in [-0.15, -0.1) is 0 Å². The Hall–Kier alpha value is -2.63. The van der Waals surface area contributed by atoms with Crippen LogP contribution in [0.15, 0.2) is 64.2 Å². The monoisotopic (exact) mass is 359 g/mol. The predicted octanol–water partition coefficient (Wildman–Crippen LogP) is 4.41. The smallest absolute Gasteiger partial charge is 0.274 e. The van der Waals surface area contributed by atoms with E-state index in [9.17, 15) is 4.79 Å². The number of aromatic nitrogens is 1. The summed E-state index contributed by atoms with van der Waals surface area (Å²) in [5.74, 6) is 0.689. The minimum atomic E-state index is -0.453. The SMILES string of the molecule is O=C(NN=Cc1ccc(-c2cccc(Cl)c2)o1)c1cccnc1Cl. The molecule has 1 amide bonds. The van der Waals surface area contributed by atoms with Crippen molar-refractivity contribution in [3.8, 4) is 11.3 Å². The van der Waals surface area contributed by atoms with E-state index in [-0.39, 0.29) is 10.7 Å². The van der Waals surface area contributed by atoms with Crippen molar-refractivity contribution in [2.75, 3.05) is 0 Å². The molecule has 0 aliphatic rings. The van der Waals surface area contributed by atoms with Crippen LogP contribution in [0, 0.1) is 0 Å². The fourth-order valence-electron chi connectivity index (χ4n) is 1.99. The van der Waals surface area contributed by atoms with Crippen LogP contribution in [-0.4, -0.2) is 17.1 Å². The van der Waals surface area contributed by atoms with Gasteiger partial charge in [0.1, 0.15) is 16.7 Å². The third kappa shape index (κ3) is 3.82. The van der Waals surface area contributed by atoms with Gasteiger partial charge in [0.2, 0.25) is 0 Å². The van der Waals surface area contributed by atoms with Crippen LogP contribution in [0.1, 0.15) is 16.1 Å². The van der Waals surface area contributed by atoms with Crippen molar-refractivity contribution in [2.45, 2.75) is 0 Å². The molecule has 0 spiro atoms. The lowest BCUT2D eigenvalue weighted by Crippen LogP contribution is -2.18. The molecule has 1 aromatic carbocycles. The Bertz CT molecular complexity index is 906. The van der Waals surface area contributed by atoms with Crippen molar-refractivity contribution in [1.82, 2.24) is 10.4 Å². The molecule has 120 valence electrons. The number of hydrogen-bond donors (Lipinski definition) is 1. The van der Waals surface area contributed by atoms with Gasteiger partial charge in [0, 0.05) is 16.8 Å². The normalized spacial score (nSPS) is 10.9. The lowest BCUT2D eigenvalue weighted by atomic mass is 10.2. The molecule has 3 rings (SSSR count). The van der Waals surface area contributed by atoms with Gasteiger partial charge in [-0.2, -0.15) is 5.10 Å². The number of halogens is 2. The zero-order valence-corrected chi connectivity index (χ0v) is 13.8. The summed E-state index contributed by atoms with van der Waals surface area (Å²) in [6.07, 6.45) is 2.90. The van der Waals surface area contributed by atoms with Gasteiger partial charge < -0.3 is 4.42 Å². The second-order valence-electron chi connectivity index (χ2n) is 4.75. The Balaban J connectivity index is 1.68. The minimum absolute atomic E-state index is 0.117. The summed E-state index contributed by atoms with van der Waals surface area (Å²) < 4.78 is 5.64. The first-order valence-electron chi connectivity index (χ1n) is 6.93. The highest BCUT2D eigenvalue weighted by Gasteiger charge is 2.09. The Morgan fingerprint density at radius 1 is 1.17 bits per heavy atom. The van der Waals surface area contributed by atoms with Gasteiger partial charge >= 0.3 is 0 Å². The molecule has 0 aliphatic carbocycles. The number of carbonyl (C=O) groups excluding carboxylic acids is 1. The third-order valence-corrected chi connectivity index (χ3v) is 3.63. The lowest BCUT2D eigenvalue weighted by molar-refractivity contribution is 0.0955. The van der Waals surface area contributed by atoms with E-state index >= 15 is 0 Å². The van der Waals surface area contributed by atoms with Crippen molar-refractivity contribution in [3.63, 3.8) is 0 Å². The number of hydrogen-bond acceptors (Lipinski definition) is 4. The highest BCUT2D eigenvalue weighted by molar-refractivity contribution is 6.32. The number of furan rings is 1. The molecule has 7 heteroatoms.